The number of aryl methyl sites for hydroxylation is 4. The van der Waals surface area contributed by atoms with E-state index in [4.69, 9.17) is 0 Å². The number of likely N-dealkylation sites (N-methyl/N-ethyl adjacent to an activating group) is 1. The van der Waals surface area contributed by atoms with Gasteiger partial charge in [-0.05, 0) is 88.1 Å². The second-order valence-corrected chi connectivity index (χ2v) is 11.5. The molecule has 3 aromatic rings. The predicted octanol–water partition coefficient (Wildman–Crippen LogP) is 4.67. The molecular formula is C30H37N3O4S. The van der Waals surface area contributed by atoms with Gasteiger partial charge in [0.05, 0.1) is 10.6 Å². The zero-order chi connectivity index (χ0) is 28.0. The van der Waals surface area contributed by atoms with Crippen LogP contribution in [0.15, 0.2) is 71.6 Å². The standard InChI is InChI=1S/C30H37N3O4S/c1-7-31-30(35)25(6)32(19-26-11-9-8-10-23(26)4)29(34)20-33(27-15-14-22(3)24(5)18-27)38(36,37)28-16-12-21(2)13-17-28/h8-18,25H,7,19-20H2,1-6H3,(H,31,35). The quantitative estimate of drug-likeness (QED) is 0.409. The summed E-state index contributed by atoms with van der Waals surface area (Å²) in [6, 6.07) is 18.7. The number of nitrogens with zero attached hydrogens (tertiary/aromatic N) is 2. The first kappa shape index (κ1) is 28.9. The summed E-state index contributed by atoms with van der Waals surface area (Å²) in [5.41, 5.74) is 5.11. The molecule has 7 nitrogen and oxygen atoms in total. The molecule has 1 N–H and O–H groups in total. The second kappa shape index (κ2) is 12.3. The van der Waals surface area contributed by atoms with E-state index < -0.39 is 28.5 Å². The molecule has 8 heteroatoms. The second-order valence-electron chi connectivity index (χ2n) is 9.61. The van der Waals surface area contributed by atoms with E-state index in [9.17, 15) is 18.0 Å². The van der Waals surface area contributed by atoms with E-state index in [2.05, 4.69) is 5.32 Å². The molecule has 0 spiro atoms. The third-order valence-corrected chi connectivity index (χ3v) is 8.57. The molecule has 0 aromatic heterocycles. The van der Waals surface area contributed by atoms with Crippen LogP contribution in [0.3, 0.4) is 0 Å². The van der Waals surface area contributed by atoms with E-state index in [1.54, 1.807) is 43.3 Å². The zero-order valence-corrected chi connectivity index (χ0v) is 23.8. The molecule has 0 saturated carbocycles. The molecule has 38 heavy (non-hydrogen) atoms. The van der Waals surface area contributed by atoms with E-state index in [0.717, 1.165) is 32.1 Å². The zero-order valence-electron chi connectivity index (χ0n) is 23.0. The minimum absolute atomic E-state index is 0.0938. The van der Waals surface area contributed by atoms with Gasteiger partial charge >= 0.3 is 0 Å². The molecule has 0 aliphatic carbocycles. The van der Waals surface area contributed by atoms with Gasteiger partial charge in [-0.25, -0.2) is 8.42 Å². The summed E-state index contributed by atoms with van der Waals surface area (Å²) >= 11 is 0. The summed E-state index contributed by atoms with van der Waals surface area (Å²) in [7, 11) is -4.08. The smallest absolute Gasteiger partial charge is 0.264 e. The number of carbonyl (C=O) groups is 2. The van der Waals surface area contributed by atoms with Crippen LogP contribution in [-0.4, -0.2) is 44.3 Å². The molecule has 0 aliphatic rings. The first-order valence-corrected chi connectivity index (χ1v) is 14.2. The average molecular weight is 536 g/mol. The van der Waals surface area contributed by atoms with Crippen molar-refractivity contribution < 1.29 is 18.0 Å². The first-order chi connectivity index (χ1) is 17.9. The molecule has 0 aliphatic heterocycles. The fraction of sp³-hybridized carbons (Fsp3) is 0.333. The van der Waals surface area contributed by atoms with Crippen molar-refractivity contribution in [1.29, 1.82) is 0 Å². The van der Waals surface area contributed by atoms with E-state index in [1.165, 1.54) is 4.90 Å². The average Bonchev–Trinajstić information content (AvgIpc) is 2.88. The van der Waals surface area contributed by atoms with Gasteiger partial charge in [-0.2, -0.15) is 0 Å². The minimum Gasteiger partial charge on any atom is -0.355 e. The highest BCUT2D eigenvalue weighted by molar-refractivity contribution is 7.92. The van der Waals surface area contributed by atoms with Crippen LogP contribution in [0.5, 0.6) is 0 Å². The fourth-order valence-electron chi connectivity index (χ4n) is 4.12. The third kappa shape index (κ3) is 6.61. The van der Waals surface area contributed by atoms with Gasteiger partial charge < -0.3 is 10.2 Å². The highest BCUT2D eigenvalue weighted by atomic mass is 32.2. The van der Waals surface area contributed by atoms with E-state index in [-0.39, 0.29) is 17.3 Å². The molecule has 0 saturated heterocycles. The summed E-state index contributed by atoms with van der Waals surface area (Å²) in [5, 5.41) is 2.78. The molecule has 0 radical (unpaired) electrons. The lowest BCUT2D eigenvalue weighted by atomic mass is 10.1. The summed E-state index contributed by atoms with van der Waals surface area (Å²) in [4.78, 5) is 28.3. The predicted molar refractivity (Wildman–Crippen MR) is 152 cm³/mol. The van der Waals surface area contributed by atoms with Gasteiger partial charge in [0.2, 0.25) is 11.8 Å². The molecule has 2 amide bonds. The Hall–Kier alpha value is -3.65. The van der Waals surface area contributed by atoms with E-state index >= 15 is 0 Å². The lowest BCUT2D eigenvalue weighted by Crippen LogP contribution is -2.51. The Kier molecular flexibility index (Phi) is 9.33. The maximum Gasteiger partial charge on any atom is 0.264 e. The summed E-state index contributed by atoms with van der Waals surface area (Å²) < 4.78 is 28.9. The van der Waals surface area contributed by atoms with Gasteiger partial charge in [-0.3, -0.25) is 13.9 Å². The summed E-state index contributed by atoms with van der Waals surface area (Å²) in [6.07, 6.45) is 0. The van der Waals surface area contributed by atoms with Crippen LogP contribution < -0.4 is 9.62 Å². The van der Waals surface area contributed by atoms with Crippen LogP contribution in [0.2, 0.25) is 0 Å². The molecule has 1 atom stereocenters. The topological polar surface area (TPSA) is 86.8 Å². The number of anilines is 1. The van der Waals surface area contributed by atoms with Crippen LogP contribution in [0, 0.1) is 27.7 Å². The van der Waals surface area contributed by atoms with Crippen LogP contribution in [0.25, 0.3) is 0 Å². The van der Waals surface area contributed by atoms with Crippen LogP contribution in [-0.2, 0) is 26.2 Å². The van der Waals surface area contributed by atoms with Crippen molar-refractivity contribution in [2.45, 2.75) is 59.0 Å². The largest absolute Gasteiger partial charge is 0.355 e. The molecule has 0 fully saturated rings. The van der Waals surface area contributed by atoms with Crippen molar-refractivity contribution in [1.82, 2.24) is 10.2 Å². The maximum absolute atomic E-state index is 13.9. The Balaban J connectivity index is 2.07. The van der Waals surface area contributed by atoms with Crippen LogP contribution >= 0.6 is 0 Å². The number of hydrogen-bond acceptors (Lipinski definition) is 4. The Morgan fingerprint density at radius 3 is 2.13 bits per heavy atom. The maximum atomic E-state index is 13.9. The van der Waals surface area contributed by atoms with E-state index in [1.807, 2.05) is 65.0 Å². The lowest BCUT2D eigenvalue weighted by molar-refractivity contribution is -0.139. The third-order valence-electron chi connectivity index (χ3n) is 6.79. The van der Waals surface area contributed by atoms with Crippen molar-refractivity contribution >= 4 is 27.5 Å². The SMILES string of the molecule is CCNC(=O)C(C)N(Cc1ccccc1C)C(=O)CN(c1ccc(C)c(C)c1)S(=O)(=O)c1ccc(C)cc1. The fourth-order valence-corrected chi connectivity index (χ4v) is 5.53. The molecule has 3 rings (SSSR count). The summed E-state index contributed by atoms with van der Waals surface area (Å²) in [6.45, 7) is 11.3. The Morgan fingerprint density at radius 1 is 0.868 bits per heavy atom. The van der Waals surface area contributed by atoms with Gasteiger partial charge in [0.15, 0.2) is 0 Å². The van der Waals surface area contributed by atoms with Crippen molar-refractivity contribution in [2.24, 2.45) is 0 Å². The number of hydrogen-bond donors (Lipinski definition) is 1. The number of amides is 2. The highest BCUT2D eigenvalue weighted by Gasteiger charge is 2.32. The van der Waals surface area contributed by atoms with Crippen LogP contribution in [0.4, 0.5) is 5.69 Å². The van der Waals surface area contributed by atoms with Crippen molar-refractivity contribution in [2.75, 3.05) is 17.4 Å². The number of rotatable bonds is 10. The molecule has 0 bridgehead atoms. The Labute approximate surface area is 226 Å². The minimum atomic E-state index is -4.08. The van der Waals surface area contributed by atoms with Gasteiger partial charge in [-0.15, -0.1) is 0 Å². The first-order valence-electron chi connectivity index (χ1n) is 12.7. The Morgan fingerprint density at radius 2 is 1.53 bits per heavy atom. The van der Waals surface area contributed by atoms with Gasteiger partial charge in [-0.1, -0.05) is 48.0 Å². The molecule has 0 heterocycles. The van der Waals surface area contributed by atoms with Crippen LogP contribution in [0.1, 0.15) is 41.7 Å². The number of nitrogens with one attached hydrogen (secondary N) is 1. The van der Waals surface area contributed by atoms with Crippen molar-refractivity contribution in [3.05, 3.63) is 94.5 Å². The van der Waals surface area contributed by atoms with Gasteiger partial charge in [0, 0.05) is 13.1 Å². The lowest BCUT2D eigenvalue weighted by Gasteiger charge is -2.32. The molecule has 202 valence electrons. The van der Waals surface area contributed by atoms with E-state index in [0.29, 0.717) is 12.2 Å². The number of sulfonamides is 1. The molecule has 1 unspecified atom stereocenters. The highest BCUT2D eigenvalue weighted by Crippen LogP contribution is 2.27. The van der Waals surface area contributed by atoms with Crippen molar-refractivity contribution in [3.63, 3.8) is 0 Å². The summed E-state index contributed by atoms with van der Waals surface area (Å²) in [5.74, 6) is -0.769. The number of carbonyl (C=O) groups excluding carboxylic acids is 2. The Bertz CT molecular complexity index is 1400. The van der Waals surface area contributed by atoms with Gasteiger partial charge in [0.25, 0.3) is 10.0 Å². The molecular weight excluding hydrogens is 498 g/mol. The normalized spacial score (nSPS) is 12.1. The molecule has 3 aromatic carbocycles. The number of benzene rings is 3. The van der Waals surface area contributed by atoms with Gasteiger partial charge in [0.1, 0.15) is 12.6 Å². The monoisotopic (exact) mass is 535 g/mol. The van der Waals surface area contributed by atoms with Crippen molar-refractivity contribution in [3.8, 4) is 0 Å².